The van der Waals surface area contributed by atoms with Gasteiger partial charge in [-0.25, -0.2) is 15.0 Å². The molecule has 0 saturated carbocycles. The normalized spacial score (nSPS) is 9.42. The Kier molecular flexibility index (Phi) is 3.97. The maximum atomic E-state index is 11.6. The Morgan fingerprint density at radius 1 is 1.21 bits per heavy atom. The molecule has 1 amide bonds. The van der Waals surface area contributed by atoms with Gasteiger partial charge in [0.2, 0.25) is 5.91 Å². The highest BCUT2D eigenvalue weighted by molar-refractivity contribution is 5.92. The molecule has 7 nitrogen and oxygen atoms in total. The number of pyridine rings is 1. The summed E-state index contributed by atoms with van der Waals surface area (Å²) >= 11 is 0. The third-order valence-electron chi connectivity index (χ3n) is 2.15. The van der Waals surface area contributed by atoms with E-state index >= 15 is 0 Å². The smallest absolute Gasteiger partial charge is 0.244 e. The molecule has 2 aromatic rings. The molecule has 2 aromatic heterocycles. The van der Waals surface area contributed by atoms with Gasteiger partial charge < -0.3 is 10.6 Å². The molecule has 0 fully saturated rings. The summed E-state index contributed by atoms with van der Waals surface area (Å²) in [6.45, 7) is -0.0239. The van der Waals surface area contributed by atoms with E-state index < -0.39 is 0 Å². The number of amides is 1. The molecule has 94 valence electrons. The van der Waals surface area contributed by atoms with E-state index in [9.17, 15) is 4.79 Å². The Labute approximate surface area is 109 Å². The highest BCUT2D eigenvalue weighted by atomic mass is 16.1. The Hall–Kier alpha value is -3.01. The van der Waals surface area contributed by atoms with Crippen LogP contribution in [0.4, 0.5) is 11.6 Å². The zero-order valence-electron chi connectivity index (χ0n) is 9.87. The summed E-state index contributed by atoms with van der Waals surface area (Å²) in [5.41, 5.74) is 0.146. The lowest BCUT2D eigenvalue weighted by atomic mass is 10.4. The van der Waals surface area contributed by atoms with Gasteiger partial charge in [0.25, 0.3) is 0 Å². The standard InChI is InChI=1S/C12H10N6O/c13-7-9-12(16-6-5-14-9)17-8-11(19)18-10-3-1-2-4-15-10/h1-6H,8H2,(H,16,17)(H,15,18,19). The summed E-state index contributed by atoms with van der Waals surface area (Å²) in [6, 6.07) is 7.10. The van der Waals surface area contributed by atoms with E-state index in [2.05, 4.69) is 25.6 Å². The minimum atomic E-state index is -0.284. The average Bonchev–Trinajstić information content (AvgIpc) is 2.46. The summed E-state index contributed by atoms with van der Waals surface area (Å²) in [5, 5.41) is 14.2. The monoisotopic (exact) mass is 254 g/mol. The van der Waals surface area contributed by atoms with Crippen LogP contribution >= 0.6 is 0 Å². The Morgan fingerprint density at radius 2 is 2.05 bits per heavy atom. The molecule has 0 aromatic carbocycles. The van der Waals surface area contributed by atoms with E-state index in [1.54, 1.807) is 24.4 Å². The minimum absolute atomic E-state index is 0.0239. The second-order valence-electron chi connectivity index (χ2n) is 3.48. The van der Waals surface area contributed by atoms with Crippen molar-refractivity contribution >= 4 is 17.5 Å². The molecule has 19 heavy (non-hydrogen) atoms. The largest absolute Gasteiger partial charge is 0.359 e. The van der Waals surface area contributed by atoms with Crippen LogP contribution < -0.4 is 10.6 Å². The number of carbonyl (C=O) groups is 1. The Balaban J connectivity index is 1.92. The van der Waals surface area contributed by atoms with Crippen molar-refractivity contribution in [2.75, 3.05) is 17.2 Å². The number of nitrogens with one attached hydrogen (secondary N) is 2. The average molecular weight is 254 g/mol. The second kappa shape index (κ2) is 6.07. The summed E-state index contributed by atoms with van der Waals surface area (Å²) in [6.07, 6.45) is 4.44. The van der Waals surface area contributed by atoms with Crippen LogP contribution in [-0.4, -0.2) is 27.4 Å². The van der Waals surface area contributed by atoms with Crippen LogP contribution in [0.15, 0.2) is 36.8 Å². The lowest BCUT2D eigenvalue weighted by molar-refractivity contribution is -0.114. The molecule has 0 saturated heterocycles. The van der Waals surface area contributed by atoms with Gasteiger partial charge >= 0.3 is 0 Å². The predicted molar refractivity (Wildman–Crippen MR) is 68.1 cm³/mol. The lowest BCUT2D eigenvalue weighted by Gasteiger charge is -2.06. The van der Waals surface area contributed by atoms with Crippen LogP contribution in [0.3, 0.4) is 0 Å². The van der Waals surface area contributed by atoms with Crippen molar-refractivity contribution in [2.45, 2.75) is 0 Å². The minimum Gasteiger partial charge on any atom is -0.359 e. The summed E-state index contributed by atoms with van der Waals surface area (Å²) in [5.74, 6) is 0.461. The molecule has 2 rings (SSSR count). The lowest BCUT2D eigenvalue weighted by Crippen LogP contribution is -2.23. The van der Waals surface area contributed by atoms with E-state index in [0.29, 0.717) is 5.82 Å². The van der Waals surface area contributed by atoms with Gasteiger partial charge in [0.1, 0.15) is 11.9 Å². The quantitative estimate of drug-likeness (QED) is 0.836. The zero-order valence-corrected chi connectivity index (χ0v) is 9.87. The van der Waals surface area contributed by atoms with Gasteiger partial charge in [-0.2, -0.15) is 5.26 Å². The third kappa shape index (κ3) is 3.47. The van der Waals surface area contributed by atoms with Gasteiger partial charge in [0.05, 0.1) is 6.54 Å². The molecule has 7 heteroatoms. The number of carbonyl (C=O) groups excluding carboxylic acids is 1. The van der Waals surface area contributed by atoms with Crippen molar-refractivity contribution in [3.63, 3.8) is 0 Å². The number of hydrogen-bond acceptors (Lipinski definition) is 6. The van der Waals surface area contributed by atoms with Crippen LogP contribution in [0.5, 0.6) is 0 Å². The van der Waals surface area contributed by atoms with Gasteiger partial charge in [0, 0.05) is 18.6 Å². The van der Waals surface area contributed by atoms with Crippen molar-refractivity contribution < 1.29 is 4.79 Å². The van der Waals surface area contributed by atoms with Crippen LogP contribution in [-0.2, 0) is 4.79 Å². The Bertz CT molecular complexity index is 607. The molecule has 0 aliphatic rings. The zero-order chi connectivity index (χ0) is 13.5. The molecular formula is C12H10N6O. The molecule has 0 aliphatic heterocycles. The predicted octanol–water partition coefficient (Wildman–Crippen LogP) is 0.794. The first-order valence-corrected chi connectivity index (χ1v) is 5.45. The van der Waals surface area contributed by atoms with Gasteiger partial charge in [-0.1, -0.05) is 6.07 Å². The molecule has 0 aliphatic carbocycles. The first-order chi connectivity index (χ1) is 9.29. The van der Waals surface area contributed by atoms with E-state index in [1.807, 2.05) is 6.07 Å². The van der Waals surface area contributed by atoms with E-state index in [4.69, 9.17) is 5.26 Å². The molecule has 0 radical (unpaired) electrons. The highest BCUT2D eigenvalue weighted by Gasteiger charge is 2.07. The van der Waals surface area contributed by atoms with Crippen molar-refractivity contribution in [2.24, 2.45) is 0 Å². The highest BCUT2D eigenvalue weighted by Crippen LogP contribution is 2.06. The topological polar surface area (TPSA) is 104 Å². The first kappa shape index (κ1) is 12.4. The van der Waals surface area contributed by atoms with E-state index in [-0.39, 0.29) is 24.0 Å². The van der Waals surface area contributed by atoms with Crippen molar-refractivity contribution in [1.29, 1.82) is 5.26 Å². The fourth-order valence-electron chi connectivity index (χ4n) is 1.34. The van der Waals surface area contributed by atoms with Crippen LogP contribution in [0.1, 0.15) is 5.69 Å². The van der Waals surface area contributed by atoms with Crippen molar-refractivity contribution in [3.05, 3.63) is 42.5 Å². The van der Waals surface area contributed by atoms with Gasteiger partial charge in [-0.15, -0.1) is 0 Å². The number of nitrogens with zero attached hydrogens (tertiary/aromatic N) is 4. The SMILES string of the molecule is N#Cc1nccnc1NCC(=O)Nc1ccccn1. The molecule has 2 N–H and O–H groups in total. The van der Waals surface area contributed by atoms with Crippen LogP contribution in [0.2, 0.25) is 0 Å². The third-order valence-corrected chi connectivity index (χ3v) is 2.15. The van der Waals surface area contributed by atoms with E-state index in [1.165, 1.54) is 12.4 Å². The number of rotatable bonds is 4. The first-order valence-electron chi connectivity index (χ1n) is 5.45. The van der Waals surface area contributed by atoms with E-state index in [0.717, 1.165) is 0 Å². The molecule has 0 spiro atoms. The van der Waals surface area contributed by atoms with Crippen molar-refractivity contribution in [3.8, 4) is 6.07 Å². The molecule has 0 bridgehead atoms. The molecule has 0 atom stereocenters. The number of aromatic nitrogens is 3. The van der Waals surface area contributed by atoms with Crippen LogP contribution in [0.25, 0.3) is 0 Å². The number of hydrogen-bond donors (Lipinski definition) is 2. The van der Waals surface area contributed by atoms with Crippen molar-refractivity contribution in [1.82, 2.24) is 15.0 Å². The van der Waals surface area contributed by atoms with Gasteiger partial charge in [-0.3, -0.25) is 4.79 Å². The number of nitriles is 1. The molecule has 0 unspecified atom stereocenters. The second-order valence-corrected chi connectivity index (χ2v) is 3.48. The summed E-state index contributed by atoms with van der Waals surface area (Å²) in [7, 11) is 0. The molecular weight excluding hydrogens is 244 g/mol. The molecule has 2 heterocycles. The summed E-state index contributed by atoms with van der Waals surface area (Å²) in [4.78, 5) is 23.4. The fraction of sp³-hybridized carbons (Fsp3) is 0.0833. The maximum Gasteiger partial charge on any atom is 0.244 e. The summed E-state index contributed by atoms with van der Waals surface area (Å²) < 4.78 is 0. The van der Waals surface area contributed by atoms with Gasteiger partial charge in [0.15, 0.2) is 11.5 Å². The number of anilines is 2. The van der Waals surface area contributed by atoms with Crippen LogP contribution in [0, 0.1) is 11.3 Å². The fourth-order valence-corrected chi connectivity index (χ4v) is 1.34. The van der Waals surface area contributed by atoms with Gasteiger partial charge in [-0.05, 0) is 12.1 Å². The Morgan fingerprint density at radius 3 is 2.79 bits per heavy atom. The maximum absolute atomic E-state index is 11.6.